The van der Waals surface area contributed by atoms with Gasteiger partial charge in [0.15, 0.2) is 0 Å². The van der Waals surface area contributed by atoms with E-state index in [9.17, 15) is 4.79 Å². The van der Waals surface area contributed by atoms with Crippen LogP contribution in [0.1, 0.15) is 26.2 Å². The second kappa shape index (κ2) is 2.48. The van der Waals surface area contributed by atoms with Crippen molar-refractivity contribution in [1.82, 2.24) is 0 Å². The minimum Gasteiger partial charge on any atom is -0.392 e. The lowest BCUT2D eigenvalue weighted by Crippen LogP contribution is -2.19. The van der Waals surface area contributed by atoms with Gasteiger partial charge in [-0.25, -0.2) is 0 Å². The van der Waals surface area contributed by atoms with Gasteiger partial charge in [-0.3, -0.25) is 4.79 Å². The molecule has 1 aliphatic rings. The van der Waals surface area contributed by atoms with E-state index in [1.165, 1.54) is 0 Å². The molecular formula is C7H12O2. The molecule has 2 atom stereocenters. The van der Waals surface area contributed by atoms with Crippen molar-refractivity contribution >= 4 is 5.78 Å². The molecule has 0 aromatic carbocycles. The Bertz CT molecular complexity index is 120. The Hall–Kier alpha value is -0.370. The molecule has 0 saturated heterocycles. The molecule has 2 heteroatoms. The zero-order chi connectivity index (χ0) is 6.85. The molecule has 0 aromatic heterocycles. The first kappa shape index (κ1) is 6.75. The van der Waals surface area contributed by atoms with Crippen molar-refractivity contribution in [3.8, 4) is 0 Å². The lowest BCUT2D eigenvalue weighted by molar-refractivity contribution is -0.123. The summed E-state index contributed by atoms with van der Waals surface area (Å²) in [7, 11) is 0. The number of aliphatic hydroxyl groups excluding tert-OH is 1. The third-order valence-electron chi connectivity index (χ3n) is 2.00. The van der Waals surface area contributed by atoms with Gasteiger partial charge < -0.3 is 5.11 Å². The number of Topliss-reactive ketones (excluding diaryl/α,β-unsaturated/α-hetero) is 1. The van der Waals surface area contributed by atoms with Crippen LogP contribution in [0.15, 0.2) is 0 Å². The third-order valence-corrected chi connectivity index (χ3v) is 2.00. The molecule has 0 amide bonds. The van der Waals surface area contributed by atoms with Gasteiger partial charge >= 0.3 is 0 Å². The number of aliphatic hydroxyl groups is 1. The molecule has 52 valence electrons. The fraction of sp³-hybridized carbons (Fsp3) is 0.857. The van der Waals surface area contributed by atoms with E-state index in [4.69, 9.17) is 5.11 Å². The van der Waals surface area contributed by atoms with Crippen LogP contribution in [0.3, 0.4) is 0 Å². The number of rotatable bonds is 1. The van der Waals surface area contributed by atoms with E-state index < -0.39 is 0 Å². The summed E-state index contributed by atoms with van der Waals surface area (Å²) >= 11 is 0. The van der Waals surface area contributed by atoms with Gasteiger partial charge in [0, 0.05) is 5.92 Å². The van der Waals surface area contributed by atoms with Gasteiger partial charge in [0.2, 0.25) is 0 Å². The largest absolute Gasteiger partial charge is 0.392 e. The Labute approximate surface area is 54.9 Å². The highest BCUT2D eigenvalue weighted by Crippen LogP contribution is 2.25. The second-order valence-electron chi connectivity index (χ2n) is 2.72. The zero-order valence-electron chi connectivity index (χ0n) is 5.63. The predicted octanol–water partition coefficient (Wildman–Crippen LogP) is 0.736. The van der Waals surface area contributed by atoms with Crippen LogP contribution in [0.25, 0.3) is 0 Å². The van der Waals surface area contributed by atoms with Crippen LogP contribution < -0.4 is 0 Å². The Kier molecular flexibility index (Phi) is 1.86. The lowest BCUT2D eigenvalue weighted by Gasteiger charge is -2.08. The van der Waals surface area contributed by atoms with E-state index >= 15 is 0 Å². The molecule has 1 aliphatic carbocycles. The van der Waals surface area contributed by atoms with E-state index in [1.807, 2.05) is 0 Å². The van der Waals surface area contributed by atoms with Gasteiger partial charge in [0.1, 0.15) is 5.78 Å². The summed E-state index contributed by atoms with van der Waals surface area (Å²) in [5.41, 5.74) is 0. The summed E-state index contributed by atoms with van der Waals surface area (Å²) in [6.45, 7) is 1.55. The summed E-state index contributed by atoms with van der Waals surface area (Å²) in [4.78, 5) is 10.7. The van der Waals surface area contributed by atoms with Crippen molar-refractivity contribution in [2.75, 3.05) is 0 Å². The Morgan fingerprint density at radius 3 is 2.44 bits per heavy atom. The lowest BCUT2D eigenvalue weighted by atomic mass is 10.0. The molecule has 0 aliphatic heterocycles. The molecule has 0 unspecified atom stereocenters. The average molecular weight is 128 g/mol. The normalized spacial score (nSPS) is 34.9. The summed E-state index contributed by atoms with van der Waals surface area (Å²) < 4.78 is 0. The van der Waals surface area contributed by atoms with Crippen LogP contribution in [0, 0.1) is 5.92 Å². The highest BCUT2D eigenvalue weighted by Gasteiger charge is 2.28. The maximum atomic E-state index is 10.7. The fourth-order valence-corrected chi connectivity index (χ4v) is 1.41. The number of carbonyl (C=O) groups excluding carboxylic acids is 1. The van der Waals surface area contributed by atoms with Gasteiger partial charge in [0.25, 0.3) is 0 Å². The van der Waals surface area contributed by atoms with Crippen LogP contribution >= 0.6 is 0 Å². The van der Waals surface area contributed by atoms with Crippen LogP contribution in [-0.2, 0) is 4.79 Å². The van der Waals surface area contributed by atoms with Crippen molar-refractivity contribution in [2.24, 2.45) is 5.92 Å². The summed E-state index contributed by atoms with van der Waals surface area (Å²) in [6, 6.07) is 0. The van der Waals surface area contributed by atoms with Crippen molar-refractivity contribution in [3.63, 3.8) is 0 Å². The minimum absolute atomic E-state index is 0.0509. The molecule has 1 saturated carbocycles. The molecule has 0 radical (unpaired) electrons. The molecule has 0 spiro atoms. The Morgan fingerprint density at radius 1 is 1.56 bits per heavy atom. The van der Waals surface area contributed by atoms with Gasteiger partial charge in [-0.1, -0.05) is 6.42 Å². The molecule has 0 heterocycles. The quantitative estimate of drug-likeness (QED) is 0.565. The van der Waals surface area contributed by atoms with Crippen molar-refractivity contribution in [1.29, 1.82) is 0 Å². The van der Waals surface area contributed by atoms with Crippen LogP contribution in [0.4, 0.5) is 0 Å². The first-order chi connectivity index (χ1) is 4.22. The van der Waals surface area contributed by atoms with Crippen molar-refractivity contribution in [2.45, 2.75) is 32.3 Å². The van der Waals surface area contributed by atoms with Crippen LogP contribution in [0.2, 0.25) is 0 Å². The summed E-state index contributed by atoms with van der Waals surface area (Å²) in [5.74, 6) is 0.0880. The van der Waals surface area contributed by atoms with Crippen LogP contribution in [-0.4, -0.2) is 17.0 Å². The molecule has 1 rings (SSSR count). The molecule has 1 N–H and O–H groups in total. The predicted molar refractivity (Wildman–Crippen MR) is 34.0 cm³/mol. The fourth-order valence-electron chi connectivity index (χ4n) is 1.41. The SMILES string of the molecule is CC(=O)[C@H]1CCC[C@@H]1O. The summed E-state index contributed by atoms with van der Waals surface area (Å²) in [6.07, 6.45) is 2.36. The van der Waals surface area contributed by atoms with E-state index in [2.05, 4.69) is 0 Å². The third kappa shape index (κ3) is 1.30. The zero-order valence-corrected chi connectivity index (χ0v) is 5.63. The van der Waals surface area contributed by atoms with E-state index in [1.54, 1.807) is 6.92 Å². The smallest absolute Gasteiger partial charge is 0.135 e. The average Bonchev–Trinajstić information content (AvgIpc) is 2.13. The van der Waals surface area contributed by atoms with Crippen molar-refractivity contribution in [3.05, 3.63) is 0 Å². The summed E-state index contributed by atoms with van der Waals surface area (Å²) in [5, 5.41) is 9.14. The van der Waals surface area contributed by atoms with Gasteiger partial charge in [-0.05, 0) is 19.8 Å². The standard InChI is InChI=1S/C7H12O2/c1-5(8)6-3-2-4-7(6)9/h6-7,9H,2-4H2,1H3/t6-,7+/m1/s1. The molecule has 1 fully saturated rings. The molecular weight excluding hydrogens is 116 g/mol. The monoisotopic (exact) mass is 128 g/mol. The molecule has 2 nitrogen and oxygen atoms in total. The van der Waals surface area contributed by atoms with Gasteiger partial charge in [-0.2, -0.15) is 0 Å². The number of hydrogen-bond acceptors (Lipinski definition) is 2. The van der Waals surface area contributed by atoms with Gasteiger partial charge in [0.05, 0.1) is 6.10 Å². The maximum Gasteiger partial charge on any atom is 0.135 e. The maximum absolute atomic E-state index is 10.7. The van der Waals surface area contributed by atoms with Gasteiger partial charge in [-0.15, -0.1) is 0 Å². The van der Waals surface area contributed by atoms with E-state index in [0.717, 1.165) is 19.3 Å². The minimum atomic E-state index is -0.345. The topological polar surface area (TPSA) is 37.3 Å². The van der Waals surface area contributed by atoms with E-state index in [-0.39, 0.29) is 17.8 Å². The highest BCUT2D eigenvalue weighted by atomic mass is 16.3. The molecule has 9 heavy (non-hydrogen) atoms. The first-order valence-electron chi connectivity index (χ1n) is 3.40. The second-order valence-corrected chi connectivity index (χ2v) is 2.72. The van der Waals surface area contributed by atoms with Crippen molar-refractivity contribution < 1.29 is 9.90 Å². The first-order valence-corrected chi connectivity index (χ1v) is 3.40. The highest BCUT2D eigenvalue weighted by molar-refractivity contribution is 5.79. The number of hydrogen-bond donors (Lipinski definition) is 1. The Balaban J connectivity index is 2.49. The number of ketones is 1. The Morgan fingerprint density at radius 2 is 2.22 bits per heavy atom. The van der Waals surface area contributed by atoms with Crippen LogP contribution in [0.5, 0.6) is 0 Å². The van der Waals surface area contributed by atoms with E-state index in [0.29, 0.717) is 0 Å². The number of carbonyl (C=O) groups is 1. The molecule has 0 aromatic rings. The molecule has 0 bridgehead atoms.